The lowest BCUT2D eigenvalue weighted by atomic mass is 10.1. The average molecular weight is 497 g/mol. The van der Waals surface area contributed by atoms with Crippen LogP contribution in [0.25, 0.3) is 0 Å². The number of hydrogen-bond acceptors (Lipinski definition) is 7. The first kappa shape index (κ1) is 24.2. The molecule has 2 aromatic heterocycles. The van der Waals surface area contributed by atoms with Crippen molar-refractivity contribution in [2.75, 3.05) is 13.7 Å². The van der Waals surface area contributed by atoms with Crippen molar-refractivity contribution in [3.63, 3.8) is 0 Å². The molecule has 0 atom stereocenters. The zero-order valence-corrected chi connectivity index (χ0v) is 19.8. The molecule has 0 saturated carbocycles. The molecular weight excluding hydrogens is 475 g/mol. The van der Waals surface area contributed by atoms with Gasteiger partial charge in [-0.3, -0.25) is 9.78 Å². The van der Waals surface area contributed by atoms with Gasteiger partial charge in [0.1, 0.15) is 5.75 Å². The maximum atomic E-state index is 14.5. The van der Waals surface area contributed by atoms with E-state index in [1.807, 2.05) is 6.92 Å². The summed E-state index contributed by atoms with van der Waals surface area (Å²) >= 11 is 6.01. The number of halogens is 2. The topological polar surface area (TPSA) is 99.2 Å². The van der Waals surface area contributed by atoms with Gasteiger partial charge in [0.05, 0.1) is 13.7 Å². The molecule has 2 heterocycles. The summed E-state index contributed by atoms with van der Waals surface area (Å²) in [5.74, 6) is 0.119. The van der Waals surface area contributed by atoms with E-state index in [0.717, 1.165) is 11.1 Å². The summed E-state index contributed by atoms with van der Waals surface area (Å²) in [6, 6.07) is 10.2. The molecule has 0 bridgehead atoms. The fraction of sp³-hybridized carbons (Fsp3) is 0.200. The smallest absolute Gasteiger partial charge is 0.316 e. The maximum absolute atomic E-state index is 14.5. The number of rotatable bonds is 9. The Kier molecular flexibility index (Phi) is 7.57. The molecule has 0 aliphatic carbocycles. The molecule has 1 N–H and O–H groups in total. The molecule has 35 heavy (non-hydrogen) atoms. The summed E-state index contributed by atoms with van der Waals surface area (Å²) in [5, 5.41) is 0.616. The molecule has 0 unspecified atom stereocenters. The van der Waals surface area contributed by atoms with E-state index in [4.69, 9.17) is 25.8 Å². The van der Waals surface area contributed by atoms with E-state index in [9.17, 15) is 9.18 Å². The molecule has 0 amide bonds. The first-order chi connectivity index (χ1) is 16.9. The Bertz CT molecular complexity index is 1380. The average Bonchev–Trinajstić information content (AvgIpc) is 2.85. The number of methoxy groups -OCH3 is 1. The second kappa shape index (κ2) is 11.0. The van der Waals surface area contributed by atoms with E-state index < -0.39 is 5.82 Å². The van der Waals surface area contributed by atoms with Crippen molar-refractivity contribution < 1.29 is 18.6 Å². The lowest BCUT2D eigenvalue weighted by molar-refractivity contribution is 0.294. The summed E-state index contributed by atoms with van der Waals surface area (Å²) in [6.07, 6.45) is 5.34. The third kappa shape index (κ3) is 6.33. The van der Waals surface area contributed by atoms with Crippen LogP contribution < -0.4 is 19.8 Å². The predicted molar refractivity (Wildman–Crippen MR) is 128 cm³/mol. The van der Waals surface area contributed by atoms with Crippen LogP contribution >= 0.6 is 11.6 Å². The molecule has 2 aromatic carbocycles. The van der Waals surface area contributed by atoms with Crippen molar-refractivity contribution in [3.8, 4) is 23.5 Å². The van der Waals surface area contributed by atoms with Gasteiger partial charge >= 0.3 is 6.01 Å². The Hall–Kier alpha value is -3.98. The van der Waals surface area contributed by atoms with Gasteiger partial charge in [-0.05, 0) is 53.9 Å². The fourth-order valence-corrected chi connectivity index (χ4v) is 3.34. The number of nitrogens with one attached hydrogen (secondary N) is 1. The van der Waals surface area contributed by atoms with Gasteiger partial charge in [0.25, 0.3) is 11.6 Å². The number of H-pyrrole nitrogens is 1. The minimum absolute atomic E-state index is 0.0864. The normalized spacial score (nSPS) is 10.7. The van der Waals surface area contributed by atoms with Crippen LogP contribution in [-0.2, 0) is 12.8 Å². The van der Waals surface area contributed by atoms with E-state index >= 15 is 0 Å². The molecule has 0 radical (unpaired) electrons. The molecule has 10 heteroatoms. The van der Waals surface area contributed by atoms with Gasteiger partial charge in [0, 0.05) is 42.0 Å². The Morgan fingerprint density at radius 1 is 1.03 bits per heavy atom. The quantitative estimate of drug-likeness (QED) is 0.359. The second-order valence-corrected chi connectivity index (χ2v) is 8.08. The summed E-state index contributed by atoms with van der Waals surface area (Å²) in [5.41, 5.74) is 2.41. The lowest BCUT2D eigenvalue weighted by Crippen LogP contribution is -2.16. The summed E-state index contributed by atoms with van der Waals surface area (Å²) < 4.78 is 30.6. The number of benzene rings is 2. The lowest BCUT2D eigenvalue weighted by Gasteiger charge is -2.10. The Labute approximate surface area is 205 Å². The number of aromatic nitrogens is 4. The Balaban J connectivity index is 1.32. The van der Waals surface area contributed by atoms with Crippen LogP contribution in [0, 0.1) is 12.7 Å². The van der Waals surface area contributed by atoms with Crippen LogP contribution in [0.15, 0.2) is 59.8 Å². The third-order valence-electron chi connectivity index (χ3n) is 5.09. The molecule has 0 aliphatic heterocycles. The molecule has 0 aliphatic rings. The van der Waals surface area contributed by atoms with Crippen molar-refractivity contribution in [2.24, 2.45) is 0 Å². The van der Waals surface area contributed by atoms with Crippen LogP contribution in [-0.4, -0.2) is 33.7 Å². The first-order valence-corrected chi connectivity index (χ1v) is 11.1. The van der Waals surface area contributed by atoms with E-state index in [2.05, 4.69) is 19.9 Å². The van der Waals surface area contributed by atoms with Crippen LogP contribution in [0.4, 0.5) is 4.39 Å². The van der Waals surface area contributed by atoms with Gasteiger partial charge in [0.15, 0.2) is 11.6 Å². The van der Waals surface area contributed by atoms with Crippen molar-refractivity contribution in [1.82, 2.24) is 19.9 Å². The predicted octanol–water partition coefficient (Wildman–Crippen LogP) is 4.67. The number of aryl methyl sites for hydroxylation is 1. The minimum atomic E-state index is -0.492. The largest absolute Gasteiger partial charge is 0.467 e. The molecular formula is C25H22ClFN4O4. The highest BCUT2D eigenvalue weighted by atomic mass is 35.5. The van der Waals surface area contributed by atoms with Gasteiger partial charge < -0.3 is 14.2 Å². The molecule has 8 nitrogen and oxygen atoms in total. The number of nitrogens with zero attached hydrogens (tertiary/aromatic N) is 3. The van der Waals surface area contributed by atoms with Gasteiger partial charge in [0.2, 0.25) is 0 Å². The molecule has 180 valence electrons. The third-order valence-corrected chi connectivity index (χ3v) is 5.52. The summed E-state index contributed by atoms with van der Waals surface area (Å²) in [7, 11) is 1.48. The maximum Gasteiger partial charge on any atom is 0.316 e. The van der Waals surface area contributed by atoms with Gasteiger partial charge in [-0.25, -0.2) is 19.3 Å². The van der Waals surface area contributed by atoms with Crippen LogP contribution in [0.2, 0.25) is 5.02 Å². The molecule has 0 saturated heterocycles. The molecule has 4 rings (SSSR count). The Morgan fingerprint density at radius 2 is 1.83 bits per heavy atom. The van der Waals surface area contributed by atoms with E-state index in [0.29, 0.717) is 34.7 Å². The minimum Gasteiger partial charge on any atom is -0.467 e. The van der Waals surface area contributed by atoms with E-state index in [1.54, 1.807) is 42.7 Å². The SMILES string of the molecule is COc1ncc(Cc2cnc(OCCc3ccc(Oc4ccc(Cl)c(C)c4)c(F)c3)[nH]c2=O)cn1. The van der Waals surface area contributed by atoms with E-state index in [1.165, 1.54) is 19.4 Å². The first-order valence-electron chi connectivity index (χ1n) is 10.7. The number of aromatic amines is 1. The van der Waals surface area contributed by atoms with Crippen molar-refractivity contribution in [2.45, 2.75) is 19.8 Å². The second-order valence-electron chi connectivity index (χ2n) is 7.67. The van der Waals surface area contributed by atoms with E-state index in [-0.39, 0.29) is 29.9 Å². The molecule has 0 fully saturated rings. The van der Waals surface area contributed by atoms with Crippen LogP contribution in [0.3, 0.4) is 0 Å². The molecule has 0 spiro atoms. The van der Waals surface area contributed by atoms with Crippen molar-refractivity contribution in [1.29, 1.82) is 0 Å². The Morgan fingerprint density at radius 3 is 2.51 bits per heavy atom. The van der Waals surface area contributed by atoms with Crippen LogP contribution in [0.5, 0.6) is 23.5 Å². The fourth-order valence-electron chi connectivity index (χ4n) is 3.22. The monoisotopic (exact) mass is 496 g/mol. The highest BCUT2D eigenvalue weighted by Gasteiger charge is 2.09. The standard InChI is InChI=1S/C25H22ClFN4O4/c1-15-9-19(4-5-20(15)26)35-22-6-3-16(11-21(22)27)7-8-34-25-30-14-18(23(32)31-25)10-17-12-28-24(33-2)29-13-17/h3-6,9,11-14H,7-8,10H2,1-2H3,(H,30,31,32). The van der Waals surface area contributed by atoms with Gasteiger partial charge in [-0.1, -0.05) is 17.7 Å². The zero-order chi connectivity index (χ0) is 24.8. The molecule has 4 aromatic rings. The van der Waals surface area contributed by atoms with Crippen molar-refractivity contribution >= 4 is 11.6 Å². The van der Waals surface area contributed by atoms with Gasteiger partial charge in [-0.2, -0.15) is 0 Å². The summed E-state index contributed by atoms with van der Waals surface area (Å²) in [6.45, 7) is 2.05. The highest BCUT2D eigenvalue weighted by Crippen LogP contribution is 2.28. The van der Waals surface area contributed by atoms with Crippen LogP contribution in [0.1, 0.15) is 22.3 Å². The summed E-state index contributed by atoms with van der Waals surface area (Å²) in [4.78, 5) is 27.1. The number of ether oxygens (including phenoxy) is 3. The van der Waals surface area contributed by atoms with Gasteiger partial charge in [-0.15, -0.1) is 0 Å². The number of hydrogen-bond donors (Lipinski definition) is 1. The highest BCUT2D eigenvalue weighted by molar-refractivity contribution is 6.31. The zero-order valence-electron chi connectivity index (χ0n) is 19.0. The van der Waals surface area contributed by atoms with Crippen molar-refractivity contribution in [3.05, 3.63) is 98.4 Å².